The van der Waals surface area contributed by atoms with Crippen LogP contribution in [0.4, 0.5) is 18.9 Å². The topological polar surface area (TPSA) is 63.5 Å². The summed E-state index contributed by atoms with van der Waals surface area (Å²) in [6.07, 6.45) is 1.14. The molecule has 0 radical (unpaired) electrons. The van der Waals surface area contributed by atoms with Crippen LogP contribution in [0.25, 0.3) is 0 Å². The van der Waals surface area contributed by atoms with Crippen LogP contribution in [-0.4, -0.2) is 51.4 Å². The minimum absolute atomic E-state index is 0.0605. The highest BCUT2D eigenvalue weighted by Crippen LogP contribution is 2.45. The van der Waals surface area contributed by atoms with Crippen LogP contribution in [0.5, 0.6) is 0 Å². The molecule has 1 aromatic heterocycles. The molecule has 2 saturated heterocycles. The van der Waals surface area contributed by atoms with Crippen LogP contribution in [0.1, 0.15) is 57.7 Å². The van der Waals surface area contributed by atoms with Crippen molar-refractivity contribution in [2.75, 3.05) is 24.7 Å². The molecule has 3 aromatic rings. The first-order valence-electron chi connectivity index (χ1n) is 13.5. The Hall–Kier alpha value is -3.24. The van der Waals surface area contributed by atoms with Crippen molar-refractivity contribution in [3.05, 3.63) is 76.4 Å². The fourth-order valence-electron chi connectivity index (χ4n) is 6.66. The van der Waals surface area contributed by atoms with E-state index in [1.165, 1.54) is 17.4 Å². The summed E-state index contributed by atoms with van der Waals surface area (Å²) in [6, 6.07) is 11.0. The average Bonchev–Trinajstić information content (AvgIpc) is 3.48. The number of likely N-dealkylation sites (tertiary alicyclic amines) is 1. The number of nitrogens with zero attached hydrogens (tertiary/aromatic N) is 5. The molecule has 10 heteroatoms. The summed E-state index contributed by atoms with van der Waals surface area (Å²) >= 11 is 0. The number of ether oxygens (including phenoxy) is 1. The minimum Gasteiger partial charge on any atom is -0.379 e. The van der Waals surface area contributed by atoms with Gasteiger partial charge in [-0.05, 0) is 72.7 Å². The zero-order valence-corrected chi connectivity index (χ0v) is 21.7. The largest absolute Gasteiger partial charge is 0.416 e. The number of carbonyl (C=O) groups excluding carboxylic acids is 1. The minimum atomic E-state index is -4.54. The van der Waals surface area contributed by atoms with E-state index in [0.717, 1.165) is 30.8 Å². The van der Waals surface area contributed by atoms with Crippen molar-refractivity contribution in [3.8, 4) is 0 Å². The third-order valence-electron chi connectivity index (χ3n) is 9.00. The highest BCUT2D eigenvalue weighted by Gasteiger charge is 2.45. The van der Waals surface area contributed by atoms with E-state index >= 15 is 0 Å². The molecule has 2 atom stereocenters. The van der Waals surface area contributed by atoms with E-state index in [2.05, 4.69) is 15.1 Å². The van der Waals surface area contributed by atoms with E-state index in [4.69, 9.17) is 4.74 Å². The van der Waals surface area contributed by atoms with Gasteiger partial charge < -0.3 is 14.2 Å². The predicted molar refractivity (Wildman–Crippen MR) is 137 cm³/mol. The number of carbonyl (C=O) groups is 1. The number of aromatic nitrogens is 3. The van der Waals surface area contributed by atoms with Gasteiger partial charge in [0.1, 0.15) is 12.2 Å². The molecule has 3 fully saturated rings. The van der Waals surface area contributed by atoms with E-state index < -0.39 is 11.7 Å². The molecule has 0 bridgehead atoms. The van der Waals surface area contributed by atoms with Gasteiger partial charge >= 0.3 is 6.18 Å². The molecule has 1 aliphatic carbocycles. The fraction of sp³-hybridized carbons (Fsp3) is 0.483. The molecule has 1 amide bonds. The van der Waals surface area contributed by atoms with Crippen molar-refractivity contribution < 1.29 is 22.7 Å². The summed E-state index contributed by atoms with van der Waals surface area (Å²) in [6.45, 7) is 2.24. The van der Waals surface area contributed by atoms with E-state index in [1.807, 2.05) is 29.8 Å². The summed E-state index contributed by atoms with van der Waals surface area (Å²) in [4.78, 5) is 17.4. The van der Waals surface area contributed by atoms with Gasteiger partial charge in [-0.3, -0.25) is 9.69 Å². The van der Waals surface area contributed by atoms with Crippen molar-refractivity contribution in [2.45, 2.75) is 56.4 Å². The van der Waals surface area contributed by atoms with E-state index in [9.17, 15) is 18.0 Å². The van der Waals surface area contributed by atoms with Crippen LogP contribution in [0.15, 0.2) is 42.7 Å². The number of aryl methyl sites for hydroxylation is 1. The van der Waals surface area contributed by atoms with Crippen LogP contribution in [0, 0.1) is 5.92 Å². The van der Waals surface area contributed by atoms with E-state index in [1.54, 1.807) is 18.5 Å². The fourth-order valence-corrected chi connectivity index (χ4v) is 6.66. The lowest BCUT2D eigenvalue weighted by Gasteiger charge is -2.42. The maximum absolute atomic E-state index is 14.3. The van der Waals surface area contributed by atoms with Gasteiger partial charge in [-0.25, -0.2) is 0 Å². The summed E-state index contributed by atoms with van der Waals surface area (Å²) in [5, 5.41) is 8.19. The quantitative estimate of drug-likeness (QED) is 0.464. The second-order valence-electron chi connectivity index (χ2n) is 11.6. The smallest absolute Gasteiger partial charge is 0.379 e. The Kier molecular flexibility index (Phi) is 5.65. The Morgan fingerprint density at radius 2 is 2.03 bits per heavy atom. The number of halogens is 3. The second kappa shape index (κ2) is 8.89. The molecule has 7 rings (SSSR count). The van der Waals surface area contributed by atoms with Gasteiger partial charge in [-0.1, -0.05) is 12.1 Å². The first-order chi connectivity index (χ1) is 18.7. The molecule has 3 aliphatic heterocycles. The molecule has 0 N–H and O–H groups in total. The molecular formula is C29H30F3N5O2. The lowest BCUT2D eigenvalue weighted by Crippen LogP contribution is -2.49. The van der Waals surface area contributed by atoms with Crippen molar-refractivity contribution in [3.63, 3.8) is 0 Å². The lowest BCUT2D eigenvalue weighted by atomic mass is 9.75. The zero-order valence-electron chi connectivity index (χ0n) is 21.7. The van der Waals surface area contributed by atoms with Crippen molar-refractivity contribution in [2.24, 2.45) is 13.0 Å². The van der Waals surface area contributed by atoms with Crippen LogP contribution in [-0.2, 0) is 42.9 Å². The summed E-state index contributed by atoms with van der Waals surface area (Å²) < 4.78 is 50.2. The van der Waals surface area contributed by atoms with Crippen molar-refractivity contribution in [1.82, 2.24) is 19.7 Å². The maximum Gasteiger partial charge on any atom is 0.416 e. The van der Waals surface area contributed by atoms with Crippen LogP contribution >= 0.6 is 0 Å². The summed E-state index contributed by atoms with van der Waals surface area (Å²) in [5.74, 6) is 1.12. The highest BCUT2D eigenvalue weighted by molar-refractivity contribution is 6.10. The van der Waals surface area contributed by atoms with Crippen LogP contribution < -0.4 is 4.90 Å². The Labute approximate surface area is 224 Å². The van der Waals surface area contributed by atoms with Gasteiger partial charge in [0.15, 0.2) is 0 Å². The molecular weight excluding hydrogens is 507 g/mol. The van der Waals surface area contributed by atoms with E-state index in [0.29, 0.717) is 49.4 Å². The van der Waals surface area contributed by atoms with Gasteiger partial charge in [0.2, 0.25) is 0 Å². The number of alkyl halides is 3. The Balaban J connectivity index is 1.20. The van der Waals surface area contributed by atoms with Gasteiger partial charge in [-0.2, -0.15) is 13.2 Å². The first-order valence-corrected chi connectivity index (χ1v) is 13.5. The summed E-state index contributed by atoms with van der Waals surface area (Å²) in [5.41, 5.74) is 1.32. The standard InChI is InChI=1S/C29H30F3N5O2/c1-35-17-33-34-26(35)12-28(15-39-16-28)20-5-2-6-21(11-20)37-14-23-22(27(37)38)8-18(9-24(23)29(30,31)32)13-36-7-3-4-19-10-25(19)36/h2,5-6,8-9,11,17,19,25H,3-4,7,10,12-16H2,1H3. The number of rotatable bonds is 6. The number of amides is 1. The molecule has 0 spiro atoms. The number of benzene rings is 2. The predicted octanol–water partition coefficient (Wildman–Crippen LogP) is 4.49. The maximum atomic E-state index is 14.3. The molecule has 2 unspecified atom stereocenters. The highest BCUT2D eigenvalue weighted by atomic mass is 19.4. The monoisotopic (exact) mass is 537 g/mol. The van der Waals surface area contributed by atoms with Gasteiger partial charge in [0.25, 0.3) is 5.91 Å². The third-order valence-corrected chi connectivity index (χ3v) is 9.00. The molecule has 2 aromatic carbocycles. The molecule has 204 valence electrons. The van der Waals surface area contributed by atoms with Crippen molar-refractivity contribution in [1.29, 1.82) is 0 Å². The molecule has 7 nitrogen and oxygen atoms in total. The third kappa shape index (κ3) is 4.24. The average molecular weight is 538 g/mol. The van der Waals surface area contributed by atoms with E-state index in [-0.39, 0.29) is 29.0 Å². The zero-order chi connectivity index (χ0) is 26.9. The SMILES string of the molecule is Cn1cnnc1CC1(c2cccc(N3Cc4c(cc(CN5CCCC6CC65)cc4C(F)(F)F)C3=O)c2)COC1. The number of piperidine rings is 1. The normalized spacial score (nSPS) is 23.9. The number of hydrogen-bond acceptors (Lipinski definition) is 5. The Morgan fingerprint density at radius 3 is 2.74 bits per heavy atom. The molecule has 1 saturated carbocycles. The number of fused-ring (bicyclic) bond motifs is 2. The molecule has 39 heavy (non-hydrogen) atoms. The molecule has 4 aliphatic rings. The van der Waals surface area contributed by atoms with Gasteiger partial charge in [0, 0.05) is 42.7 Å². The number of anilines is 1. The van der Waals surface area contributed by atoms with Crippen LogP contribution in [0.2, 0.25) is 0 Å². The van der Waals surface area contributed by atoms with Crippen molar-refractivity contribution >= 4 is 11.6 Å². The number of hydrogen-bond donors (Lipinski definition) is 0. The lowest BCUT2D eigenvalue weighted by molar-refractivity contribution is -0.138. The van der Waals surface area contributed by atoms with Gasteiger partial charge in [0.05, 0.1) is 25.3 Å². The van der Waals surface area contributed by atoms with Gasteiger partial charge in [-0.15, -0.1) is 10.2 Å². The molecule has 4 heterocycles. The Morgan fingerprint density at radius 1 is 1.18 bits per heavy atom. The second-order valence-corrected chi connectivity index (χ2v) is 11.6. The summed E-state index contributed by atoms with van der Waals surface area (Å²) in [7, 11) is 1.89. The Bertz CT molecular complexity index is 1450. The first kappa shape index (κ1) is 24.8. The van der Waals surface area contributed by atoms with Crippen LogP contribution in [0.3, 0.4) is 0 Å².